The molecule has 0 heterocycles. The summed E-state index contributed by atoms with van der Waals surface area (Å²) in [5.41, 5.74) is -2.05. The number of amides is 4. The van der Waals surface area contributed by atoms with E-state index in [1.165, 1.54) is 24.3 Å². The molecule has 4 amide bonds. The summed E-state index contributed by atoms with van der Waals surface area (Å²) in [6.45, 7) is -0.843. The van der Waals surface area contributed by atoms with Gasteiger partial charge in [0, 0.05) is 34.3 Å². The number of rotatable bonds is 16. The number of hydrogen-bond donors (Lipinski definition) is 5. The zero-order valence-corrected chi connectivity index (χ0v) is 35.8. The number of nitrogens with zero attached hydrogens (tertiary/aromatic N) is 2. The van der Waals surface area contributed by atoms with Crippen LogP contribution in [-0.2, 0) is 33.4 Å². The molecule has 350 valence electrons. The molecule has 0 atom stereocenters. The maximum absolute atomic E-state index is 13.4. The van der Waals surface area contributed by atoms with Gasteiger partial charge in [-0.15, -0.1) is 0 Å². The first-order valence-corrected chi connectivity index (χ1v) is 21.0. The summed E-state index contributed by atoms with van der Waals surface area (Å²) in [4.78, 5) is 57.0. The molecule has 5 N–H and O–H groups in total. The maximum atomic E-state index is 13.4. The van der Waals surface area contributed by atoms with E-state index in [0.717, 1.165) is 12.1 Å². The smallest absolute Gasteiger partial charge is 0.471 e. The summed E-state index contributed by atoms with van der Waals surface area (Å²) >= 11 is 11.1. The lowest BCUT2D eigenvalue weighted by Gasteiger charge is -2.70. The van der Waals surface area contributed by atoms with Gasteiger partial charge in [-0.1, -0.05) is 23.2 Å². The van der Waals surface area contributed by atoms with Crippen molar-refractivity contribution in [3.05, 3.63) is 58.1 Å². The lowest BCUT2D eigenvalue weighted by molar-refractivity contribution is -0.187. The first kappa shape index (κ1) is 49.0. The fourth-order valence-electron chi connectivity index (χ4n) is 8.84. The molecule has 0 aromatic heterocycles. The fourth-order valence-corrected chi connectivity index (χ4v) is 9.08. The average molecular weight is 958 g/mol. The highest BCUT2D eigenvalue weighted by Gasteiger charge is 2.70. The number of aliphatic carboxylic acids is 1. The van der Waals surface area contributed by atoms with Gasteiger partial charge in [-0.3, -0.25) is 19.2 Å². The highest BCUT2D eigenvalue weighted by Crippen LogP contribution is 2.61. The molecular formula is C42H43Cl2F5N6O10. The van der Waals surface area contributed by atoms with Gasteiger partial charge < -0.3 is 45.3 Å². The molecule has 10 rings (SSSR count). The van der Waals surface area contributed by atoms with E-state index in [4.69, 9.17) is 57.8 Å². The second-order valence-electron chi connectivity index (χ2n) is 17.4. The summed E-state index contributed by atoms with van der Waals surface area (Å²) in [7, 11) is 0. The van der Waals surface area contributed by atoms with Crippen molar-refractivity contribution in [1.82, 2.24) is 21.3 Å². The van der Waals surface area contributed by atoms with Gasteiger partial charge in [-0.25, -0.2) is 13.6 Å². The van der Waals surface area contributed by atoms with Crippen LogP contribution in [0.5, 0.6) is 11.5 Å². The zero-order valence-electron chi connectivity index (χ0n) is 34.3. The van der Waals surface area contributed by atoms with Crippen LogP contribution in [0.2, 0.25) is 10.0 Å². The number of carbonyl (C=O) groups excluding carboxylic acids is 4. The molecule has 0 spiro atoms. The number of carboxylic acid groups (broad SMARTS) is 1. The van der Waals surface area contributed by atoms with Gasteiger partial charge in [0.2, 0.25) is 5.91 Å². The molecule has 16 nitrogen and oxygen atoms in total. The van der Waals surface area contributed by atoms with Crippen LogP contribution in [0.15, 0.2) is 36.4 Å². The van der Waals surface area contributed by atoms with Crippen molar-refractivity contribution >= 4 is 52.8 Å². The van der Waals surface area contributed by atoms with Gasteiger partial charge in [0.05, 0.1) is 46.2 Å². The molecule has 23 heteroatoms. The lowest BCUT2D eigenvalue weighted by Crippen LogP contribution is -2.84. The molecule has 8 saturated carbocycles. The number of ether oxygens (including phenoxy) is 4. The van der Waals surface area contributed by atoms with Gasteiger partial charge >= 0.3 is 18.1 Å². The largest absolute Gasteiger partial charge is 0.484 e. The van der Waals surface area contributed by atoms with Gasteiger partial charge in [-0.05, 0) is 88.5 Å². The van der Waals surface area contributed by atoms with E-state index in [2.05, 4.69) is 28.1 Å². The van der Waals surface area contributed by atoms with Crippen LogP contribution in [0.3, 0.4) is 0 Å². The highest BCUT2D eigenvalue weighted by molar-refractivity contribution is 6.31. The molecular weight excluding hydrogens is 914 g/mol. The number of carboxylic acids is 1. The third-order valence-electron chi connectivity index (χ3n) is 11.9. The van der Waals surface area contributed by atoms with Crippen LogP contribution in [0.4, 0.5) is 22.0 Å². The van der Waals surface area contributed by atoms with Crippen molar-refractivity contribution in [2.75, 3.05) is 26.4 Å². The molecule has 2 aromatic carbocycles. The summed E-state index contributed by atoms with van der Waals surface area (Å²) in [5.74, 6) is -4.66. The van der Waals surface area contributed by atoms with Crippen molar-refractivity contribution in [1.29, 1.82) is 10.5 Å². The molecule has 0 radical (unpaired) electrons. The van der Waals surface area contributed by atoms with Crippen molar-refractivity contribution < 1.29 is 70.0 Å². The number of nitriles is 2. The van der Waals surface area contributed by atoms with Crippen LogP contribution in [0.25, 0.3) is 0 Å². The Morgan fingerprint density at radius 1 is 0.631 bits per heavy atom. The normalized spacial score (nSPS) is 29.2. The number of benzene rings is 2. The van der Waals surface area contributed by atoms with Crippen molar-refractivity contribution in [3.63, 3.8) is 0 Å². The summed E-state index contributed by atoms with van der Waals surface area (Å²) in [6.07, 6.45) is 0.557. The van der Waals surface area contributed by atoms with Crippen molar-refractivity contribution in [3.8, 4) is 23.6 Å². The predicted octanol–water partition coefficient (Wildman–Crippen LogP) is 4.80. The Kier molecular flexibility index (Phi) is 14.7. The van der Waals surface area contributed by atoms with Crippen LogP contribution < -0.4 is 30.7 Å². The minimum Gasteiger partial charge on any atom is -0.484 e. The zero-order chi connectivity index (χ0) is 47.4. The molecule has 0 aliphatic heterocycles. The molecule has 4 bridgehead atoms. The Hall–Kier alpha value is -5.48. The number of carbonyl (C=O) groups is 5. The van der Waals surface area contributed by atoms with E-state index in [1.807, 2.05) is 5.32 Å². The SMILES string of the molecule is N#CC1CC(OCC(=O)NC23CC(NC(=O)COc4ccc(Cl)c(F)c4)(C2)C3)C1.N#CC1CC(OCC(=O)O)C1.O=C(COc1ccc(Cl)c(F)c1)NC12CC(NC(=O)C(F)(F)F)(C1)C2. The second kappa shape index (κ2) is 19.5. The van der Waals surface area contributed by atoms with Crippen molar-refractivity contribution in [2.45, 2.75) is 105 Å². The third-order valence-corrected chi connectivity index (χ3v) is 12.5. The lowest BCUT2D eigenvalue weighted by atomic mass is 9.44. The van der Waals surface area contributed by atoms with E-state index >= 15 is 0 Å². The second-order valence-corrected chi connectivity index (χ2v) is 18.2. The number of halogens is 7. The highest BCUT2D eigenvalue weighted by atomic mass is 35.5. The molecule has 8 aliphatic carbocycles. The number of hydrogen-bond acceptors (Lipinski definition) is 11. The van der Waals surface area contributed by atoms with E-state index in [-0.39, 0.29) is 114 Å². The Morgan fingerprint density at radius 2 is 0.985 bits per heavy atom. The monoisotopic (exact) mass is 956 g/mol. The first-order chi connectivity index (χ1) is 30.5. The number of nitrogens with one attached hydrogen (secondary N) is 4. The van der Waals surface area contributed by atoms with E-state index in [1.54, 1.807) is 0 Å². The van der Waals surface area contributed by atoms with E-state index in [9.17, 15) is 45.9 Å². The minimum atomic E-state index is -4.92. The molecule has 8 fully saturated rings. The van der Waals surface area contributed by atoms with Crippen LogP contribution in [0, 0.1) is 46.1 Å². The minimum absolute atomic E-state index is 0.00169. The summed E-state index contributed by atoms with van der Waals surface area (Å²) in [5, 5.41) is 35.8. The Bertz CT molecular complexity index is 2220. The van der Waals surface area contributed by atoms with Gasteiger partial charge in [0.25, 0.3) is 11.8 Å². The molecule has 0 saturated heterocycles. The van der Waals surface area contributed by atoms with Crippen molar-refractivity contribution in [2.24, 2.45) is 11.8 Å². The molecule has 65 heavy (non-hydrogen) atoms. The summed E-state index contributed by atoms with van der Waals surface area (Å²) < 4.78 is 84.2. The molecule has 0 unspecified atom stereocenters. The topological polar surface area (TPSA) is 238 Å². The number of alkyl halides is 3. The summed E-state index contributed by atoms with van der Waals surface area (Å²) in [6, 6.07) is 12.0. The van der Waals surface area contributed by atoms with E-state index in [0.29, 0.717) is 44.9 Å². The maximum Gasteiger partial charge on any atom is 0.471 e. The van der Waals surface area contributed by atoms with Gasteiger partial charge in [-0.2, -0.15) is 23.7 Å². The third kappa shape index (κ3) is 12.5. The van der Waals surface area contributed by atoms with E-state index < -0.39 is 46.7 Å². The molecule has 2 aromatic rings. The Morgan fingerprint density at radius 3 is 1.32 bits per heavy atom. The first-order valence-electron chi connectivity index (χ1n) is 20.3. The van der Waals surface area contributed by atoms with Crippen LogP contribution >= 0.6 is 23.2 Å². The van der Waals surface area contributed by atoms with Crippen LogP contribution in [-0.4, -0.2) is 102 Å². The van der Waals surface area contributed by atoms with Gasteiger partial charge in [0.15, 0.2) is 13.2 Å². The Labute approximate surface area is 378 Å². The fraction of sp³-hybridized carbons (Fsp3) is 0.548. The van der Waals surface area contributed by atoms with Gasteiger partial charge in [0.1, 0.15) is 36.3 Å². The predicted molar refractivity (Wildman–Crippen MR) is 215 cm³/mol. The van der Waals surface area contributed by atoms with Crippen LogP contribution in [0.1, 0.15) is 64.2 Å². The average Bonchev–Trinajstić information content (AvgIpc) is 3.15. The standard InChI is InChI=1S/C20H21ClFN3O4.C15H13ClF4N2O3.C7H9NO3/c21-15-2-1-13(5-16(15)22)28-7-17(26)24-19-9-20(10-19,11-19)25-18(27)8-29-14-3-12(4-14)6-23;16-9-2-1-8(3-10(9)17)25-4-11(23)21-13-5-14(6-13,7-13)22-12(24)15(18,19)20;8-3-5-1-6(2-5)11-4-7(9)10/h1-2,5,12,14H,3-4,7-11H2,(H,24,26)(H,25,27);1-3H,4-7H2,(H,21,23)(H,22,24);5-6H,1-2,4H2,(H,9,10). The molecule has 8 aliphatic rings. The quantitative estimate of drug-likeness (QED) is 0.143. The Balaban J connectivity index is 0.000000177.